The highest BCUT2D eigenvalue weighted by Gasteiger charge is 2.33. The van der Waals surface area contributed by atoms with Gasteiger partial charge in [-0.2, -0.15) is 0 Å². The van der Waals surface area contributed by atoms with E-state index in [0.29, 0.717) is 36.8 Å². The van der Waals surface area contributed by atoms with Crippen LogP contribution in [0.4, 0.5) is 0 Å². The first-order valence-corrected chi connectivity index (χ1v) is 10.9. The summed E-state index contributed by atoms with van der Waals surface area (Å²) in [5, 5.41) is 3.56. The first-order chi connectivity index (χ1) is 14.2. The van der Waals surface area contributed by atoms with E-state index in [2.05, 4.69) is 0 Å². The highest BCUT2D eigenvalue weighted by atomic mass is 79.9. The maximum absolute atomic E-state index is 13.3. The number of carbonyl (C=O) groups excluding carboxylic acids is 2. The van der Waals surface area contributed by atoms with Gasteiger partial charge in [-0.05, 0) is 59.4 Å². The van der Waals surface area contributed by atoms with Crippen molar-refractivity contribution >= 4 is 67.1 Å². The number of benzene rings is 3. The van der Waals surface area contributed by atoms with Gasteiger partial charge in [-0.1, -0.05) is 64.1 Å². The number of rotatable bonds is 8. The van der Waals surface area contributed by atoms with Crippen LogP contribution in [-0.2, 0) is 0 Å². The zero-order valence-corrected chi connectivity index (χ0v) is 22.7. The van der Waals surface area contributed by atoms with Crippen LogP contribution in [0, 0.1) is 0 Å². The molecular formula is C26H34Br2N2O2. The number of Topliss-reactive ketones (excluding diaryl/α,β-unsaturated/α-hetero) is 2. The summed E-state index contributed by atoms with van der Waals surface area (Å²) < 4.78 is 0. The molecule has 0 unspecified atom stereocenters. The van der Waals surface area contributed by atoms with Gasteiger partial charge >= 0.3 is 0 Å². The van der Waals surface area contributed by atoms with E-state index in [-0.39, 0.29) is 45.5 Å². The Balaban J connectivity index is 0.00000256. The van der Waals surface area contributed by atoms with Crippen molar-refractivity contribution in [1.82, 2.24) is 0 Å². The third-order valence-electron chi connectivity index (χ3n) is 6.80. The Morgan fingerprint density at radius 2 is 1.00 bits per heavy atom. The van der Waals surface area contributed by atoms with Crippen molar-refractivity contribution in [2.24, 2.45) is 11.5 Å². The molecule has 0 atom stereocenters. The van der Waals surface area contributed by atoms with Crippen molar-refractivity contribution in [2.75, 3.05) is 0 Å². The molecule has 4 nitrogen and oxygen atoms in total. The van der Waals surface area contributed by atoms with Gasteiger partial charge < -0.3 is 11.5 Å². The molecule has 3 aromatic rings. The van der Waals surface area contributed by atoms with Crippen LogP contribution in [0.3, 0.4) is 0 Å². The van der Waals surface area contributed by atoms with E-state index >= 15 is 0 Å². The van der Waals surface area contributed by atoms with Crippen LogP contribution in [0.25, 0.3) is 21.5 Å². The number of carbonyl (C=O) groups is 2. The molecule has 3 aromatic carbocycles. The average Bonchev–Trinajstić information content (AvgIpc) is 2.79. The number of hydrogen-bond donors (Lipinski definition) is 2. The topological polar surface area (TPSA) is 86.2 Å². The fourth-order valence-electron chi connectivity index (χ4n) is 4.13. The molecule has 0 aliphatic carbocycles. The van der Waals surface area contributed by atoms with Gasteiger partial charge in [0, 0.05) is 11.1 Å². The summed E-state index contributed by atoms with van der Waals surface area (Å²) in [6.45, 7) is 7.76. The summed E-state index contributed by atoms with van der Waals surface area (Å²) in [4.78, 5) is 26.7. The number of ketones is 2. The maximum atomic E-state index is 13.3. The van der Waals surface area contributed by atoms with Gasteiger partial charge in [-0.3, -0.25) is 9.59 Å². The van der Waals surface area contributed by atoms with E-state index in [1.54, 1.807) is 0 Å². The number of hydrogen-bond acceptors (Lipinski definition) is 4. The highest BCUT2D eigenvalue weighted by molar-refractivity contribution is 8.93. The molecule has 4 N–H and O–H groups in total. The molecule has 174 valence electrons. The van der Waals surface area contributed by atoms with E-state index in [1.165, 1.54) is 0 Å². The fraction of sp³-hybridized carbons (Fsp3) is 0.385. The summed E-state index contributed by atoms with van der Waals surface area (Å²) in [5.74, 6) is -0.118. The zero-order valence-electron chi connectivity index (χ0n) is 19.2. The van der Waals surface area contributed by atoms with Crippen molar-refractivity contribution in [1.29, 1.82) is 0 Å². The minimum absolute atomic E-state index is 0. The number of halogens is 2. The summed E-state index contributed by atoms with van der Waals surface area (Å²) in [6, 6.07) is 15.4. The first-order valence-electron chi connectivity index (χ1n) is 10.9. The molecule has 3 rings (SSSR count). The summed E-state index contributed by atoms with van der Waals surface area (Å²) in [7, 11) is 0. The normalized spacial score (nSPS) is 11.7. The zero-order chi connectivity index (χ0) is 22.1. The van der Waals surface area contributed by atoms with Gasteiger partial charge in [0.1, 0.15) is 0 Å². The van der Waals surface area contributed by atoms with Crippen LogP contribution < -0.4 is 11.5 Å². The van der Waals surface area contributed by atoms with E-state index < -0.39 is 11.1 Å². The van der Waals surface area contributed by atoms with Gasteiger partial charge in [0.05, 0.1) is 11.1 Å². The first kappa shape index (κ1) is 28.4. The highest BCUT2D eigenvalue weighted by Crippen LogP contribution is 2.32. The van der Waals surface area contributed by atoms with Crippen molar-refractivity contribution in [3.8, 4) is 0 Å². The lowest BCUT2D eigenvalue weighted by atomic mass is 9.82. The lowest BCUT2D eigenvalue weighted by Crippen LogP contribution is -2.47. The van der Waals surface area contributed by atoms with Crippen molar-refractivity contribution in [3.63, 3.8) is 0 Å². The quantitative estimate of drug-likeness (QED) is 0.239. The molecule has 0 bridgehead atoms. The van der Waals surface area contributed by atoms with Crippen LogP contribution >= 0.6 is 34.0 Å². The van der Waals surface area contributed by atoms with E-state index in [1.807, 2.05) is 76.2 Å². The lowest BCUT2D eigenvalue weighted by Gasteiger charge is -2.26. The van der Waals surface area contributed by atoms with Crippen LogP contribution in [0.5, 0.6) is 0 Å². The van der Waals surface area contributed by atoms with Crippen LogP contribution in [0.2, 0.25) is 0 Å². The molecular weight excluding hydrogens is 532 g/mol. The fourth-order valence-corrected chi connectivity index (χ4v) is 4.13. The predicted octanol–water partition coefficient (Wildman–Crippen LogP) is 6.55. The molecule has 0 aliphatic heterocycles. The third kappa shape index (κ3) is 4.84. The van der Waals surface area contributed by atoms with Gasteiger partial charge in [-0.15, -0.1) is 34.0 Å². The van der Waals surface area contributed by atoms with Gasteiger partial charge in [0.2, 0.25) is 0 Å². The van der Waals surface area contributed by atoms with Gasteiger partial charge in [0.25, 0.3) is 0 Å². The van der Waals surface area contributed by atoms with Crippen LogP contribution in [0.1, 0.15) is 74.1 Å². The molecule has 0 saturated carbocycles. The largest absolute Gasteiger partial charge is 0.319 e. The second kappa shape index (κ2) is 11.0. The Morgan fingerprint density at radius 3 is 1.31 bits per heavy atom. The average molecular weight is 566 g/mol. The predicted molar refractivity (Wildman–Crippen MR) is 146 cm³/mol. The summed E-state index contributed by atoms with van der Waals surface area (Å²) >= 11 is 0. The van der Waals surface area contributed by atoms with Crippen LogP contribution in [-0.4, -0.2) is 22.6 Å². The molecule has 0 heterocycles. The van der Waals surface area contributed by atoms with Gasteiger partial charge in [-0.25, -0.2) is 0 Å². The summed E-state index contributed by atoms with van der Waals surface area (Å²) in [5.41, 5.74) is 12.3. The molecule has 0 spiro atoms. The van der Waals surface area contributed by atoms with Gasteiger partial charge in [0.15, 0.2) is 11.6 Å². The Labute approximate surface area is 211 Å². The third-order valence-corrected chi connectivity index (χ3v) is 6.80. The minimum atomic E-state index is -0.893. The van der Waals surface area contributed by atoms with Crippen molar-refractivity contribution < 1.29 is 9.59 Å². The van der Waals surface area contributed by atoms with E-state index in [0.717, 1.165) is 21.5 Å². The molecule has 0 saturated heterocycles. The second-order valence-electron chi connectivity index (χ2n) is 8.29. The Kier molecular flexibility index (Phi) is 9.79. The Bertz CT molecular complexity index is 1030. The molecule has 0 amide bonds. The molecule has 0 aromatic heterocycles. The molecule has 0 fully saturated rings. The van der Waals surface area contributed by atoms with E-state index in [9.17, 15) is 9.59 Å². The number of nitrogens with two attached hydrogens (primary N) is 2. The molecule has 0 radical (unpaired) electrons. The minimum Gasteiger partial charge on any atom is -0.319 e. The van der Waals surface area contributed by atoms with Crippen molar-refractivity contribution in [3.05, 3.63) is 59.7 Å². The molecule has 0 aliphatic rings. The van der Waals surface area contributed by atoms with E-state index in [4.69, 9.17) is 11.5 Å². The summed E-state index contributed by atoms with van der Waals surface area (Å²) in [6.07, 6.45) is 2.27. The number of fused-ring (bicyclic) bond motifs is 2. The maximum Gasteiger partial charge on any atom is 0.183 e. The smallest absolute Gasteiger partial charge is 0.183 e. The SMILES string of the molecule is Br.Br.CCC(N)(CC)C(=O)c1cccc2cc3cccc(C(=O)C(N)(CC)CC)c3cc12. The monoisotopic (exact) mass is 564 g/mol. The second-order valence-corrected chi connectivity index (χ2v) is 8.29. The molecule has 6 heteroatoms. The Morgan fingerprint density at radius 1 is 0.656 bits per heavy atom. The Hall–Kier alpha value is -1.60. The van der Waals surface area contributed by atoms with Crippen molar-refractivity contribution in [2.45, 2.75) is 64.5 Å². The van der Waals surface area contributed by atoms with Crippen LogP contribution in [0.15, 0.2) is 48.5 Å². The molecule has 32 heavy (non-hydrogen) atoms. The lowest BCUT2D eigenvalue weighted by molar-refractivity contribution is 0.0875. The standard InChI is InChI=1S/C26H32N2O2.2BrH/c1-5-25(27,6-2)23(29)19-13-9-11-17-15-18-12-10-14-20(22(18)16-21(17)19)24(30)26(28,7-3)8-4;;/h9-16H,5-8,27-28H2,1-4H3;2*1H.